The van der Waals surface area contributed by atoms with Crippen LogP contribution in [-0.4, -0.2) is 83.2 Å². The van der Waals surface area contributed by atoms with Crippen LogP contribution < -0.4 is 0 Å². The van der Waals surface area contributed by atoms with Gasteiger partial charge in [-0.1, -0.05) is 12.8 Å². The molecule has 1 saturated carbocycles. The Balaban J connectivity index is 1.51. The van der Waals surface area contributed by atoms with E-state index in [2.05, 4.69) is 21.6 Å². The molecule has 3 rings (SSSR count). The highest BCUT2D eigenvalue weighted by molar-refractivity contribution is 5.78. The largest absolute Gasteiger partial charge is 0.392 e. The highest BCUT2D eigenvalue weighted by Gasteiger charge is 2.36. The van der Waals surface area contributed by atoms with Crippen molar-refractivity contribution in [3.63, 3.8) is 0 Å². The predicted molar refractivity (Wildman–Crippen MR) is 95.8 cm³/mol. The molecule has 4 unspecified atom stereocenters. The van der Waals surface area contributed by atoms with Gasteiger partial charge in [0.15, 0.2) is 0 Å². The summed E-state index contributed by atoms with van der Waals surface area (Å²) in [6, 6.07) is 0.930. The van der Waals surface area contributed by atoms with Gasteiger partial charge < -0.3 is 10.0 Å². The van der Waals surface area contributed by atoms with E-state index < -0.39 is 0 Å². The molecule has 0 spiro atoms. The highest BCUT2D eigenvalue weighted by atomic mass is 16.3. The smallest absolute Gasteiger partial charge is 0.237 e. The van der Waals surface area contributed by atoms with E-state index in [1.54, 1.807) is 0 Å². The number of piperidine rings is 1. The van der Waals surface area contributed by atoms with Crippen LogP contribution in [0.4, 0.5) is 0 Å². The lowest BCUT2D eigenvalue weighted by Crippen LogP contribution is -2.57. The first-order valence-corrected chi connectivity index (χ1v) is 9.98. The van der Waals surface area contributed by atoms with Crippen LogP contribution in [0.5, 0.6) is 0 Å². The molecule has 0 radical (unpaired) electrons. The Morgan fingerprint density at radius 2 is 1.88 bits per heavy atom. The number of nitrogens with zero attached hydrogens (tertiary/aromatic N) is 3. The summed E-state index contributed by atoms with van der Waals surface area (Å²) in [6.45, 7) is 9.15. The lowest BCUT2D eigenvalue weighted by Gasteiger charge is -2.45. The molecule has 1 aliphatic carbocycles. The summed E-state index contributed by atoms with van der Waals surface area (Å²) in [5.74, 6) is 1.11. The van der Waals surface area contributed by atoms with Gasteiger partial charge in [0.2, 0.25) is 5.91 Å². The summed E-state index contributed by atoms with van der Waals surface area (Å²) in [5, 5.41) is 9.60. The number of hydrogen-bond donors (Lipinski definition) is 1. The fourth-order valence-electron chi connectivity index (χ4n) is 5.04. The van der Waals surface area contributed by atoms with Crippen molar-refractivity contribution in [2.75, 3.05) is 39.3 Å². The van der Waals surface area contributed by atoms with Crippen molar-refractivity contribution in [1.29, 1.82) is 0 Å². The lowest BCUT2D eigenvalue weighted by molar-refractivity contribution is -0.139. The van der Waals surface area contributed by atoms with Crippen LogP contribution >= 0.6 is 0 Å². The van der Waals surface area contributed by atoms with Crippen molar-refractivity contribution in [3.8, 4) is 0 Å². The molecule has 2 heterocycles. The summed E-state index contributed by atoms with van der Waals surface area (Å²) in [5.41, 5.74) is 0. The summed E-state index contributed by atoms with van der Waals surface area (Å²) in [7, 11) is 0. The number of rotatable bonds is 4. The van der Waals surface area contributed by atoms with E-state index in [0.29, 0.717) is 24.5 Å². The second-order valence-electron chi connectivity index (χ2n) is 8.27. The van der Waals surface area contributed by atoms with Crippen LogP contribution in [0.2, 0.25) is 0 Å². The summed E-state index contributed by atoms with van der Waals surface area (Å²) >= 11 is 0. The van der Waals surface area contributed by atoms with Crippen molar-refractivity contribution in [2.45, 2.75) is 70.6 Å². The highest BCUT2D eigenvalue weighted by Crippen LogP contribution is 2.35. The summed E-state index contributed by atoms with van der Waals surface area (Å²) in [6.07, 6.45) is 7.41. The van der Waals surface area contributed by atoms with E-state index in [0.717, 1.165) is 38.6 Å². The number of aliphatic hydroxyl groups is 1. The van der Waals surface area contributed by atoms with Gasteiger partial charge in [-0.25, -0.2) is 0 Å². The standard InChI is InChI=1S/C19H35N3O2/c1-15-12-20(10-11-21(15)13-16(2)23)14-19(24)22-9-5-7-17-6-3-4-8-18(17)22/h15-18,23H,3-14H2,1-2H3. The van der Waals surface area contributed by atoms with E-state index in [1.807, 2.05) is 6.92 Å². The molecule has 0 aromatic carbocycles. The van der Waals surface area contributed by atoms with Crippen LogP contribution in [-0.2, 0) is 4.79 Å². The third-order valence-electron chi connectivity index (χ3n) is 6.27. The maximum absolute atomic E-state index is 12.9. The van der Waals surface area contributed by atoms with Gasteiger partial charge in [-0.05, 0) is 45.4 Å². The molecule has 1 N–H and O–H groups in total. The SMILES string of the molecule is CC(O)CN1CCN(CC(=O)N2CCCC3CCCCC32)CC1C. The van der Waals surface area contributed by atoms with Crippen molar-refractivity contribution in [2.24, 2.45) is 5.92 Å². The Morgan fingerprint density at radius 1 is 1.12 bits per heavy atom. The molecule has 5 heteroatoms. The van der Waals surface area contributed by atoms with Gasteiger partial charge in [-0.2, -0.15) is 0 Å². The maximum atomic E-state index is 12.9. The minimum absolute atomic E-state index is 0.280. The molecule has 2 saturated heterocycles. The zero-order valence-electron chi connectivity index (χ0n) is 15.5. The minimum atomic E-state index is -0.280. The molecule has 5 nitrogen and oxygen atoms in total. The van der Waals surface area contributed by atoms with Crippen LogP contribution in [0.15, 0.2) is 0 Å². The van der Waals surface area contributed by atoms with Gasteiger partial charge in [0.1, 0.15) is 0 Å². The lowest BCUT2D eigenvalue weighted by atomic mass is 9.78. The maximum Gasteiger partial charge on any atom is 0.237 e. The number of carbonyl (C=O) groups excluding carboxylic acids is 1. The van der Waals surface area contributed by atoms with Crippen molar-refractivity contribution in [3.05, 3.63) is 0 Å². The Morgan fingerprint density at radius 3 is 2.62 bits per heavy atom. The van der Waals surface area contributed by atoms with Gasteiger partial charge in [-0.15, -0.1) is 0 Å². The Labute approximate surface area is 147 Å². The molecule has 0 aromatic heterocycles. The first-order valence-electron chi connectivity index (χ1n) is 9.98. The molecule has 3 aliphatic rings. The quantitative estimate of drug-likeness (QED) is 0.846. The third kappa shape index (κ3) is 4.30. The van der Waals surface area contributed by atoms with Gasteiger partial charge in [0.25, 0.3) is 0 Å². The second kappa shape index (κ2) is 8.15. The number of carbonyl (C=O) groups is 1. The number of fused-ring (bicyclic) bond motifs is 1. The van der Waals surface area contributed by atoms with Crippen molar-refractivity contribution < 1.29 is 9.90 Å². The van der Waals surface area contributed by atoms with Crippen LogP contribution in [0.1, 0.15) is 52.4 Å². The van der Waals surface area contributed by atoms with Crippen LogP contribution in [0, 0.1) is 5.92 Å². The molecule has 0 aromatic rings. The van der Waals surface area contributed by atoms with E-state index in [4.69, 9.17) is 0 Å². The number of aliphatic hydroxyl groups excluding tert-OH is 1. The fraction of sp³-hybridized carbons (Fsp3) is 0.947. The second-order valence-corrected chi connectivity index (χ2v) is 8.27. The molecule has 3 fully saturated rings. The average molecular weight is 338 g/mol. The third-order valence-corrected chi connectivity index (χ3v) is 6.27. The number of likely N-dealkylation sites (tertiary alicyclic amines) is 1. The molecule has 24 heavy (non-hydrogen) atoms. The molecule has 138 valence electrons. The van der Waals surface area contributed by atoms with E-state index in [1.165, 1.54) is 38.5 Å². The van der Waals surface area contributed by atoms with Gasteiger partial charge >= 0.3 is 0 Å². The first kappa shape index (κ1) is 18.2. The number of amides is 1. The molecular formula is C19H35N3O2. The zero-order chi connectivity index (χ0) is 17.1. The molecule has 2 aliphatic heterocycles. The monoisotopic (exact) mass is 337 g/mol. The molecule has 4 atom stereocenters. The predicted octanol–water partition coefficient (Wildman–Crippen LogP) is 1.55. The van der Waals surface area contributed by atoms with Crippen LogP contribution in [0.25, 0.3) is 0 Å². The van der Waals surface area contributed by atoms with Gasteiger partial charge in [0.05, 0.1) is 12.6 Å². The van der Waals surface area contributed by atoms with E-state index in [-0.39, 0.29) is 6.10 Å². The summed E-state index contributed by atoms with van der Waals surface area (Å²) in [4.78, 5) is 19.8. The molecule has 1 amide bonds. The number of piperazine rings is 1. The number of hydrogen-bond acceptors (Lipinski definition) is 4. The number of β-amino-alcohol motifs (C(OH)–C–C–N with tert-alkyl or cyclic N) is 1. The fourth-order valence-corrected chi connectivity index (χ4v) is 5.04. The van der Waals surface area contributed by atoms with Crippen molar-refractivity contribution >= 4 is 5.91 Å². The average Bonchev–Trinajstić information content (AvgIpc) is 2.56. The van der Waals surface area contributed by atoms with Crippen molar-refractivity contribution in [1.82, 2.24) is 14.7 Å². The Kier molecular flexibility index (Phi) is 6.17. The first-order chi connectivity index (χ1) is 11.5. The molecule has 0 bridgehead atoms. The summed E-state index contributed by atoms with van der Waals surface area (Å²) < 4.78 is 0. The van der Waals surface area contributed by atoms with Gasteiger partial charge in [-0.3, -0.25) is 14.6 Å². The zero-order valence-corrected chi connectivity index (χ0v) is 15.5. The Bertz CT molecular complexity index is 427. The Hall–Kier alpha value is -0.650. The van der Waals surface area contributed by atoms with Gasteiger partial charge in [0, 0.05) is 44.8 Å². The van der Waals surface area contributed by atoms with Crippen LogP contribution in [0.3, 0.4) is 0 Å². The van der Waals surface area contributed by atoms with E-state index >= 15 is 0 Å². The normalized spacial score (nSPS) is 34.0. The topological polar surface area (TPSA) is 47.0 Å². The molecular weight excluding hydrogens is 302 g/mol. The van der Waals surface area contributed by atoms with E-state index in [9.17, 15) is 9.90 Å². The minimum Gasteiger partial charge on any atom is -0.392 e.